The number of aryl methyl sites for hydroxylation is 2. The van der Waals surface area contributed by atoms with Gasteiger partial charge in [-0.1, -0.05) is 42.8 Å². The van der Waals surface area contributed by atoms with Gasteiger partial charge in [0.15, 0.2) is 0 Å². The first-order chi connectivity index (χ1) is 16.2. The molecule has 9 heteroatoms. The summed E-state index contributed by atoms with van der Waals surface area (Å²) in [5.41, 5.74) is 8.34. The number of anilines is 1. The number of carbonyl (C=O) groups is 2. The van der Waals surface area contributed by atoms with Crippen LogP contribution in [0.5, 0.6) is 0 Å². The lowest BCUT2D eigenvalue weighted by Gasteiger charge is -2.26. The van der Waals surface area contributed by atoms with Gasteiger partial charge >= 0.3 is 0 Å². The van der Waals surface area contributed by atoms with Crippen molar-refractivity contribution in [3.8, 4) is 11.1 Å². The Bertz CT molecular complexity index is 1340. The molecule has 178 valence electrons. The van der Waals surface area contributed by atoms with Gasteiger partial charge in [0, 0.05) is 29.1 Å². The number of rotatable bonds is 6. The summed E-state index contributed by atoms with van der Waals surface area (Å²) < 4.78 is 27.7. The van der Waals surface area contributed by atoms with Crippen LogP contribution in [-0.4, -0.2) is 37.6 Å². The highest BCUT2D eigenvalue weighted by Gasteiger charge is 2.28. The number of hydrogen-bond donors (Lipinski definition) is 2. The van der Waals surface area contributed by atoms with Crippen molar-refractivity contribution in [3.63, 3.8) is 0 Å². The summed E-state index contributed by atoms with van der Waals surface area (Å²) in [5, 5.41) is 3.15. The van der Waals surface area contributed by atoms with Gasteiger partial charge in [-0.05, 0) is 49.9 Å². The normalized spacial score (nSPS) is 14.6. The van der Waals surface area contributed by atoms with E-state index in [1.807, 2.05) is 37.3 Å². The predicted octanol–water partition coefficient (Wildman–Crippen LogP) is 4.56. The highest BCUT2D eigenvalue weighted by Crippen LogP contribution is 2.40. The summed E-state index contributed by atoms with van der Waals surface area (Å²) in [6.07, 6.45) is 2.67. The second-order valence-corrected chi connectivity index (χ2v) is 11.5. The molecule has 2 amide bonds. The van der Waals surface area contributed by atoms with E-state index in [1.54, 1.807) is 13.0 Å². The molecule has 0 aliphatic carbocycles. The molecule has 7 nitrogen and oxygen atoms in total. The van der Waals surface area contributed by atoms with Crippen LogP contribution >= 0.6 is 11.3 Å². The van der Waals surface area contributed by atoms with E-state index in [-0.39, 0.29) is 16.0 Å². The van der Waals surface area contributed by atoms with E-state index in [0.29, 0.717) is 29.2 Å². The first kappa shape index (κ1) is 24.1. The van der Waals surface area contributed by atoms with Crippen LogP contribution in [-0.2, 0) is 10.0 Å². The Morgan fingerprint density at radius 2 is 1.68 bits per heavy atom. The standard InChI is InChI=1S/C25H27N3O4S2/c1-16-11-12-19(34(31,32)28-13-7-4-8-14-28)15-20(16)24(30)27-25-22(23(26)29)21(17(2)33-25)18-9-5-3-6-10-18/h3,5-6,9-12,15H,4,7-8,13-14H2,1-2H3,(H2,26,29)(H,27,30). The number of amides is 2. The lowest BCUT2D eigenvalue weighted by Crippen LogP contribution is -2.35. The van der Waals surface area contributed by atoms with Crippen LogP contribution < -0.4 is 11.1 Å². The number of thiophene rings is 1. The zero-order valence-electron chi connectivity index (χ0n) is 19.1. The molecule has 0 unspecified atom stereocenters. The summed E-state index contributed by atoms with van der Waals surface area (Å²) in [4.78, 5) is 26.6. The average Bonchev–Trinajstić information content (AvgIpc) is 3.16. The van der Waals surface area contributed by atoms with Gasteiger partial charge in [-0.2, -0.15) is 4.31 Å². The number of nitrogens with zero attached hydrogens (tertiary/aromatic N) is 1. The van der Waals surface area contributed by atoms with Crippen molar-refractivity contribution in [2.45, 2.75) is 38.0 Å². The molecule has 2 aromatic carbocycles. The van der Waals surface area contributed by atoms with Crippen molar-refractivity contribution >= 4 is 38.2 Å². The van der Waals surface area contributed by atoms with Crippen LogP contribution in [0, 0.1) is 13.8 Å². The van der Waals surface area contributed by atoms with E-state index in [2.05, 4.69) is 5.32 Å². The van der Waals surface area contributed by atoms with Gasteiger partial charge < -0.3 is 11.1 Å². The minimum atomic E-state index is -3.69. The van der Waals surface area contributed by atoms with E-state index < -0.39 is 21.8 Å². The average molecular weight is 498 g/mol. The molecule has 1 saturated heterocycles. The number of carbonyl (C=O) groups excluding carboxylic acids is 2. The van der Waals surface area contributed by atoms with Crippen molar-refractivity contribution in [1.29, 1.82) is 0 Å². The topological polar surface area (TPSA) is 110 Å². The second kappa shape index (κ2) is 9.69. The third-order valence-corrected chi connectivity index (χ3v) is 8.94. The molecular formula is C25H27N3O4S2. The van der Waals surface area contributed by atoms with Crippen molar-refractivity contribution < 1.29 is 18.0 Å². The Balaban J connectivity index is 1.69. The molecule has 3 aromatic rings. The third-order valence-electron chi connectivity index (χ3n) is 6.03. The van der Waals surface area contributed by atoms with Gasteiger partial charge in [0.05, 0.1) is 10.5 Å². The molecule has 1 aliphatic rings. The summed E-state index contributed by atoms with van der Waals surface area (Å²) in [5.74, 6) is -1.13. The first-order valence-corrected chi connectivity index (χ1v) is 13.4. The molecule has 1 aliphatic heterocycles. The van der Waals surface area contributed by atoms with Gasteiger partial charge in [-0.15, -0.1) is 11.3 Å². The molecule has 2 heterocycles. The maximum absolute atomic E-state index is 13.3. The third kappa shape index (κ3) is 4.64. The maximum Gasteiger partial charge on any atom is 0.256 e. The summed E-state index contributed by atoms with van der Waals surface area (Å²) in [6, 6.07) is 14.0. The van der Waals surface area contributed by atoms with E-state index >= 15 is 0 Å². The van der Waals surface area contributed by atoms with Crippen molar-refractivity contribution in [2.75, 3.05) is 18.4 Å². The van der Waals surface area contributed by atoms with Gasteiger partial charge in [-0.25, -0.2) is 8.42 Å². The largest absolute Gasteiger partial charge is 0.365 e. The number of primary amides is 1. The summed E-state index contributed by atoms with van der Waals surface area (Å²) >= 11 is 1.27. The highest BCUT2D eigenvalue weighted by atomic mass is 32.2. The minimum Gasteiger partial charge on any atom is -0.365 e. The van der Waals surface area contributed by atoms with E-state index in [9.17, 15) is 18.0 Å². The number of benzene rings is 2. The Hall–Kier alpha value is -3.01. The zero-order chi connectivity index (χ0) is 24.5. The zero-order valence-corrected chi connectivity index (χ0v) is 20.8. The molecule has 1 fully saturated rings. The van der Waals surface area contributed by atoms with Crippen LogP contribution in [0.15, 0.2) is 53.4 Å². The number of hydrogen-bond acceptors (Lipinski definition) is 5. The van der Waals surface area contributed by atoms with Crippen LogP contribution in [0.2, 0.25) is 0 Å². The Morgan fingerprint density at radius 1 is 1.00 bits per heavy atom. The van der Waals surface area contributed by atoms with E-state index in [1.165, 1.54) is 27.8 Å². The molecule has 4 rings (SSSR count). The van der Waals surface area contributed by atoms with Crippen LogP contribution in [0.1, 0.15) is 50.4 Å². The molecule has 1 aromatic heterocycles. The number of nitrogens with one attached hydrogen (secondary N) is 1. The molecular weight excluding hydrogens is 470 g/mol. The van der Waals surface area contributed by atoms with Crippen molar-refractivity contribution in [2.24, 2.45) is 5.73 Å². The monoisotopic (exact) mass is 497 g/mol. The van der Waals surface area contributed by atoms with Gasteiger partial charge in [0.2, 0.25) is 10.0 Å². The fourth-order valence-corrected chi connectivity index (χ4v) is 6.87. The maximum atomic E-state index is 13.3. The van der Waals surface area contributed by atoms with Crippen LogP contribution in [0.3, 0.4) is 0 Å². The second-order valence-electron chi connectivity index (χ2n) is 8.36. The van der Waals surface area contributed by atoms with Crippen molar-refractivity contribution in [1.82, 2.24) is 4.31 Å². The highest BCUT2D eigenvalue weighted by molar-refractivity contribution is 7.89. The fraction of sp³-hybridized carbons (Fsp3) is 0.280. The van der Waals surface area contributed by atoms with Crippen LogP contribution in [0.25, 0.3) is 11.1 Å². The van der Waals surface area contributed by atoms with Crippen LogP contribution in [0.4, 0.5) is 5.00 Å². The summed E-state index contributed by atoms with van der Waals surface area (Å²) in [6.45, 7) is 4.58. The molecule has 0 atom stereocenters. The number of nitrogens with two attached hydrogens (primary N) is 1. The Kier molecular flexibility index (Phi) is 6.88. The van der Waals surface area contributed by atoms with Crippen molar-refractivity contribution in [3.05, 3.63) is 70.1 Å². The van der Waals surface area contributed by atoms with Gasteiger partial charge in [-0.3, -0.25) is 9.59 Å². The Morgan fingerprint density at radius 3 is 2.32 bits per heavy atom. The molecule has 0 saturated carbocycles. The minimum absolute atomic E-state index is 0.0904. The SMILES string of the molecule is Cc1ccc(S(=O)(=O)N2CCCCC2)cc1C(=O)Nc1sc(C)c(-c2ccccc2)c1C(N)=O. The molecule has 34 heavy (non-hydrogen) atoms. The molecule has 0 radical (unpaired) electrons. The quantitative estimate of drug-likeness (QED) is 0.520. The number of piperidine rings is 1. The lowest BCUT2D eigenvalue weighted by molar-refractivity contribution is 0.100. The fourth-order valence-electron chi connectivity index (χ4n) is 4.25. The smallest absolute Gasteiger partial charge is 0.256 e. The first-order valence-electron chi connectivity index (χ1n) is 11.1. The molecule has 0 spiro atoms. The Labute approximate surface area is 203 Å². The summed E-state index contributed by atoms with van der Waals surface area (Å²) in [7, 11) is -3.69. The molecule has 3 N–H and O–H groups in total. The van der Waals surface area contributed by atoms with E-state index in [4.69, 9.17) is 5.73 Å². The van der Waals surface area contributed by atoms with Gasteiger partial charge in [0.25, 0.3) is 11.8 Å². The molecule has 0 bridgehead atoms. The van der Waals surface area contributed by atoms with Gasteiger partial charge in [0.1, 0.15) is 5.00 Å². The predicted molar refractivity (Wildman–Crippen MR) is 135 cm³/mol. The lowest BCUT2D eigenvalue weighted by atomic mass is 10.0. The van der Waals surface area contributed by atoms with E-state index in [0.717, 1.165) is 29.7 Å². The number of sulfonamides is 1.